The van der Waals surface area contributed by atoms with Gasteiger partial charge in [-0.25, -0.2) is 4.79 Å². The second-order valence-corrected chi connectivity index (χ2v) is 5.96. The maximum absolute atomic E-state index is 12.3. The van der Waals surface area contributed by atoms with Crippen molar-refractivity contribution in [3.63, 3.8) is 0 Å². The van der Waals surface area contributed by atoms with Gasteiger partial charge in [0.2, 0.25) is 11.8 Å². The van der Waals surface area contributed by atoms with Crippen molar-refractivity contribution in [1.29, 1.82) is 0 Å². The highest BCUT2D eigenvalue weighted by atomic mass is 16.4. The maximum atomic E-state index is 12.3. The highest BCUT2D eigenvalue weighted by Gasteiger charge is 2.34. The molecule has 2 aromatic carbocycles. The number of para-hydroxylation sites is 1. The van der Waals surface area contributed by atoms with Gasteiger partial charge in [-0.3, -0.25) is 9.59 Å². The predicted molar refractivity (Wildman–Crippen MR) is 92.2 cm³/mol. The van der Waals surface area contributed by atoms with Crippen LogP contribution in [0.4, 0.5) is 5.69 Å². The van der Waals surface area contributed by atoms with Gasteiger partial charge in [0.1, 0.15) is 0 Å². The lowest BCUT2D eigenvalue weighted by Gasteiger charge is -2.16. The van der Waals surface area contributed by atoms with Crippen LogP contribution in [0.5, 0.6) is 0 Å². The molecule has 1 heterocycles. The lowest BCUT2D eigenvalue weighted by molar-refractivity contribution is -0.126. The summed E-state index contributed by atoms with van der Waals surface area (Å²) in [4.78, 5) is 36.9. The number of carbonyl (C=O) groups is 3. The number of carboxylic acids is 1. The number of rotatable bonds is 5. The first-order valence-corrected chi connectivity index (χ1v) is 8.00. The quantitative estimate of drug-likeness (QED) is 0.873. The van der Waals surface area contributed by atoms with Gasteiger partial charge in [-0.05, 0) is 29.8 Å². The molecule has 0 aliphatic carbocycles. The standard InChI is InChI=1S/C19H18N2O4/c22-17-10-15(12-21(17)16-4-2-1-3-5-16)18(23)20-11-13-6-8-14(9-7-13)19(24)25/h1-9,15H,10-12H2,(H,20,23)(H,24,25). The van der Waals surface area contributed by atoms with Crippen molar-refractivity contribution in [2.24, 2.45) is 5.92 Å². The highest BCUT2D eigenvalue weighted by Crippen LogP contribution is 2.24. The van der Waals surface area contributed by atoms with E-state index >= 15 is 0 Å². The molecule has 0 aromatic heterocycles. The molecular weight excluding hydrogens is 320 g/mol. The minimum Gasteiger partial charge on any atom is -0.478 e. The van der Waals surface area contributed by atoms with E-state index in [0.717, 1.165) is 11.3 Å². The first-order valence-electron chi connectivity index (χ1n) is 8.00. The van der Waals surface area contributed by atoms with Gasteiger partial charge in [0.15, 0.2) is 0 Å². The van der Waals surface area contributed by atoms with E-state index in [0.29, 0.717) is 13.1 Å². The van der Waals surface area contributed by atoms with Gasteiger partial charge in [0.05, 0.1) is 11.5 Å². The molecule has 2 N–H and O–H groups in total. The summed E-state index contributed by atoms with van der Waals surface area (Å²) in [6, 6.07) is 15.6. The van der Waals surface area contributed by atoms with Gasteiger partial charge in [-0.15, -0.1) is 0 Å². The molecular formula is C19H18N2O4. The Hall–Kier alpha value is -3.15. The summed E-state index contributed by atoms with van der Waals surface area (Å²) in [6.45, 7) is 0.668. The normalized spacial score (nSPS) is 16.7. The molecule has 1 aliphatic rings. The first kappa shape index (κ1) is 16.7. The molecule has 0 saturated carbocycles. The SMILES string of the molecule is O=C(O)c1ccc(CNC(=O)C2CC(=O)N(c3ccccc3)C2)cc1. The van der Waals surface area contributed by atoms with Gasteiger partial charge < -0.3 is 15.3 Å². The topological polar surface area (TPSA) is 86.7 Å². The summed E-state index contributed by atoms with van der Waals surface area (Å²) >= 11 is 0. The van der Waals surface area contributed by atoms with Crippen molar-refractivity contribution in [1.82, 2.24) is 5.32 Å². The minimum atomic E-state index is -0.985. The van der Waals surface area contributed by atoms with E-state index in [1.807, 2.05) is 30.3 Å². The monoisotopic (exact) mass is 338 g/mol. The van der Waals surface area contributed by atoms with Gasteiger partial charge >= 0.3 is 5.97 Å². The maximum Gasteiger partial charge on any atom is 0.335 e. The van der Waals surface area contributed by atoms with Crippen LogP contribution < -0.4 is 10.2 Å². The first-order chi connectivity index (χ1) is 12.0. The number of nitrogens with one attached hydrogen (secondary N) is 1. The molecule has 2 amide bonds. The van der Waals surface area contributed by atoms with Crippen LogP contribution in [0, 0.1) is 5.92 Å². The van der Waals surface area contributed by atoms with Crippen molar-refractivity contribution >= 4 is 23.5 Å². The zero-order chi connectivity index (χ0) is 17.8. The number of carbonyl (C=O) groups excluding carboxylic acids is 2. The van der Waals surface area contributed by atoms with Crippen molar-refractivity contribution in [2.75, 3.05) is 11.4 Å². The van der Waals surface area contributed by atoms with Crippen LogP contribution in [0.25, 0.3) is 0 Å². The number of nitrogens with zero attached hydrogens (tertiary/aromatic N) is 1. The summed E-state index contributed by atoms with van der Waals surface area (Å²) < 4.78 is 0. The zero-order valence-corrected chi connectivity index (χ0v) is 13.5. The van der Waals surface area contributed by atoms with Crippen LogP contribution in [0.15, 0.2) is 54.6 Å². The van der Waals surface area contributed by atoms with Crippen molar-refractivity contribution < 1.29 is 19.5 Å². The second kappa shape index (κ2) is 7.17. The molecule has 1 saturated heterocycles. The molecule has 25 heavy (non-hydrogen) atoms. The van der Waals surface area contributed by atoms with Gasteiger partial charge in [-0.1, -0.05) is 30.3 Å². The van der Waals surface area contributed by atoms with E-state index in [1.165, 1.54) is 12.1 Å². The Bertz CT molecular complexity index is 787. The van der Waals surface area contributed by atoms with E-state index in [1.54, 1.807) is 17.0 Å². The second-order valence-electron chi connectivity index (χ2n) is 5.96. The Kier molecular flexibility index (Phi) is 4.79. The summed E-state index contributed by atoms with van der Waals surface area (Å²) in [7, 11) is 0. The fourth-order valence-corrected chi connectivity index (χ4v) is 2.84. The molecule has 6 heteroatoms. The molecule has 6 nitrogen and oxygen atoms in total. The molecule has 0 bridgehead atoms. The van der Waals surface area contributed by atoms with E-state index in [-0.39, 0.29) is 29.7 Å². The number of hydrogen-bond acceptors (Lipinski definition) is 3. The van der Waals surface area contributed by atoms with Crippen LogP contribution in [0.3, 0.4) is 0 Å². The molecule has 1 atom stereocenters. The van der Waals surface area contributed by atoms with Crippen LogP contribution in [-0.4, -0.2) is 29.4 Å². The van der Waals surface area contributed by atoms with E-state index in [2.05, 4.69) is 5.32 Å². The molecule has 0 radical (unpaired) electrons. The van der Waals surface area contributed by atoms with Crippen molar-refractivity contribution in [2.45, 2.75) is 13.0 Å². The number of amides is 2. The molecule has 3 rings (SSSR count). The third kappa shape index (κ3) is 3.85. The smallest absolute Gasteiger partial charge is 0.335 e. The number of anilines is 1. The van der Waals surface area contributed by atoms with Crippen molar-refractivity contribution in [3.05, 3.63) is 65.7 Å². The van der Waals surface area contributed by atoms with Crippen molar-refractivity contribution in [3.8, 4) is 0 Å². The van der Waals surface area contributed by atoms with Gasteiger partial charge in [-0.2, -0.15) is 0 Å². The average Bonchev–Trinajstić information content (AvgIpc) is 3.02. The van der Waals surface area contributed by atoms with Crippen LogP contribution in [0.1, 0.15) is 22.3 Å². The van der Waals surface area contributed by atoms with Crippen LogP contribution in [0.2, 0.25) is 0 Å². The van der Waals surface area contributed by atoms with Crippen LogP contribution in [-0.2, 0) is 16.1 Å². The summed E-state index contributed by atoms with van der Waals surface area (Å²) in [5.41, 5.74) is 1.81. The van der Waals surface area contributed by atoms with Gasteiger partial charge in [0, 0.05) is 25.2 Å². The minimum absolute atomic E-state index is 0.0582. The molecule has 128 valence electrons. The van der Waals surface area contributed by atoms with E-state index in [9.17, 15) is 14.4 Å². The van der Waals surface area contributed by atoms with E-state index in [4.69, 9.17) is 5.11 Å². The lowest BCUT2D eigenvalue weighted by atomic mass is 10.1. The summed E-state index contributed by atoms with van der Waals surface area (Å²) in [5, 5.41) is 11.7. The number of aromatic carboxylic acids is 1. The number of hydrogen-bond donors (Lipinski definition) is 2. The lowest BCUT2D eigenvalue weighted by Crippen LogP contribution is -2.32. The predicted octanol–water partition coefficient (Wildman–Crippen LogP) is 2.05. The molecule has 1 unspecified atom stereocenters. The van der Waals surface area contributed by atoms with Gasteiger partial charge in [0.25, 0.3) is 0 Å². The Morgan fingerprint density at radius 3 is 2.40 bits per heavy atom. The average molecular weight is 338 g/mol. The summed E-state index contributed by atoms with van der Waals surface area (Å²) in [5.74, 6) is -1.60. The number of benzene rings is 2. The molecule has 2 aromatic rings. The Morgan fingerprint density at radius 1 is 1.08 bits per heavy atom. The zero-order valence-electron chi connectivity index (χ0n) is 13.5. The third-order valence-corrected chi connectivity index (χ3v) is 4.23. The fourth-order valence-electron chi connectivity index (χ4n) is 2.84. The molecule has 1 aliphatic heterocycles. The Labute approximate surface area is 145 Å². The third-order valence-electron chi connectivity index (χ3n) is 4.23. The molecule has 0 spiro atoms. The Morgan fingerprint density at radius 2 is 1.76 bits per heavy atom. The van der Waals surface area contributed by atoms with E-state index < -0.39 is 5.97 Å². The van der Waals surface area contributed by atoms with Crippen LogP contribution >= 0.6 is 0 Å². The Balaban J connectivity index is 1.57. The largest absolute Gasteiger partial charge is 0.478 e. The number of carboxylic acid groups (broad SMARTS) is 1. The fraction of sp³-hybridized carbons (Fsp3) is 0.211. The highest BCUT2D eigenvalue weighted by molar-refractivity contribution is 6.00. The molecule has 1 fully saturated rings. The summed E-state index contributed by atoms with van der Waals surface area (Å²) in [6.07, 6.45) is 0.193.